The Bertz CT molecular complexity index is 463. The molecule has 3 nitrogen and oxygen atoms in total. The van der Waals surface area contributed by atoms with E-state index in [1.165, 1.54) is 37.9 Å². The molecule has 2 aliphatic heterocycles. The molecule has 104 valence electrons. The highest BCUT2D eigenvalue weighted by molar-refractivity contribution is 6.33. The number of hydrogen-bond acceptors (Lipinski definition) is 3. The Morgan fingerprint density at radius 3 is 2.84 bits per heavy atom. The van der Waals surface area contributed by atoms with E-state index < -0.39 is 0 Å². The number of likely N-dealkylation sites (N-methyl/N-ethyl adjacent to an activating group) is 1. The Kier molecular flexibility index (Phi) is 3.70. The van der Waals surface area contributed by atoms with Crippen LogP contribution in [0, 0.1) is 0 Å². The summed E-state index contributed by atoms with van der Waals surface area (Å²) in [6.07, 6.45) is 4.01. The summed E-state index contributed by atoms with van der Waals surface area (Å²) in [7, 11) is 2.28. The fourth-order valence-electron chi connectivity index (χ4n) is 3.47. The Morgan fingerprint density at radius 2 is 2.05 bits per heavy atom. The van der Waals surface area contributed by atoms with Crippen LogP contribution in [0.4, 0.5) is 5.69 Å². The van der Waals surface area contributed by atoms with Gasteiger partial charge in [0.05, 0.1) is 10.7 Å². The molecular formula is C15H22ClN3. The zero-order valence-electron chi connectivity index (χ0n) is 11.5. The molecule has 19 heavy (non-hydrogen) atoms. The average Bonchev–Trinajstić information content (AvgIpc) is 2.62. The summed E-state index contributed by atoms with van der Waals surface area (Å²) in [5.41, 5.74) is 7.83. The molecule has 1 aromatic carbocycles. The monoisotopic (exact) mass is 279 g/mol. The maximum absolute atomic E-state index is 5.97. The summed E-state index contributed by atoms with van der Waals surface area (Å²) in [6, 6.07) is 7.53. The summed E-state index contributed by atoms with van der Waals surface area (Å²) in [5.74, 6) is 0. The first-order chi connectivity index (χ1) is 9.13. The van der Waals surface area contributed by atoms with Crippen molar-refractivity contribution in [3.63, 3.8) is 0 Å². The molecule has 0 radical (unpaired) electrons. The van der Waals surface area contributed by atoms with E-state index in [-0.39, 0.29) is 0 Å². The summed E-state index contributed by atoms with van der Waals surface area (Å²) in [4.78, 5) is 5.14. The number of halogens is 1. The van der Waals surface area contributed by atoms with Crippen molar-refractivity contribution in [2.75, 3.05) is 25.9 Å². The Labute approximate surface area is 120 Å². The van der Waals surface area contributed by atoms with Gasteiger partial charge in [0.2, 0.25) is 0 Å². The highest BCUT2D eigenvalue weighted by atomic mass is 35.5. The minimum atomic E-state index is 0.651. The van der Waals surface area contributed by atoms with Crippen LogP contribution in [0.15, 0.2) is 18.2 Å². The first-order valence-corrected chi connectivity index (χ1v) is 7.49. The number of nitrogen functional groups attached to an aromatic ring is 1. The lowest BCUT2D eigenvalue weighted by Crippen LogP contribution is -2.36. The molecule has 2 atom stereocenters. The molecule has 0 amide bonds. The predicted molar refractivity (Wildman–Crippen MR) is 80.3 cm³/mol. The Hall–Kier alpha value is -0.770. The van der Waals surface area contributed by atoms with E-state index in [0.717, 1.165) is 18.6 Å². The molecule has 2 unspecified atom stereocenters. The number of rotatable bonds is 2. The molecule has 2 bridgehead atoms. The lowest BCUT2D eigenvalue weighted by molar-refractivity contribution is 0.214. The smallest absolute Gasteiger partial charge is 0.0635 e. The molecule has 2 fully saturated rings. The molecule has 2 heterocycles. The topological polar surface area (TPSA) is 32.5 Å². The molecular weight excluding hydrogens is 258 g/mol. The van der Waals surface area contributed by atoms with E-state index in [1.54, 1.807) is 0 Å². The van der Waals surface area contributed by atoms with E-state index in [1.807, 2.05) is 12.1 Å². The van der Waals surface area contributed by atoms with Crippen LogP contribution < -0.4 is 5.73 Å². The minimum Gasteiger partial charge on any atom is -0.398 e. The predicted octanol–water partition coefficient (Wildman–Crippen LogP) is 2.59. The van der Waals surface area contributed by atoms with Crippen LogP contribution in [0.2, 0.25) is 5.02 Å². The van der Waals surface area contributed by atoms with Gasteiger partial charge in [0.25, 0.3) is 0 Å². The standard InChI is InChI=1S/C15H22ClN3/c1-18-12-3-4-13(18)10-19(7-6-12)9-11-2-5-14(16)15(17)8-11/h2,5,8,12-13H,3-4,6-7,9-10,17H2,1H3. The van der Waals surface area contributed by atoms with Crippen molar-refractivity contribution in [1.29, 1.82) is 0 Å². The molecule has 1 aromatic rings. The summed E-state index contributed by atoms with van der Waals surface area (Å²) >= 11 is 5.97. The van der Waals surface area contributed by atoms with Crippen LogP contribution in [0.1, 0.15) is 24.8 Å². The van der Waals surface area contributed by atoms with Gasteiger partial charge in [-0.1, -0.05) is 17.7 Å². The van der Waals surface area contributed by atoms with Crippen molar-refractivity contribution in [2.45, 2.75) is 37.9 Å². The maximum Gasteiger partial charge on any atom is 0.0635 e. The highest BCUT2D eigenvalue weighted by Gasteiger charge is 2.34. The molecule has 2 aliphatic rings. The molecule has 0 aliphatic carbocycles. The lowest BCUT2D eigenvalue weighted by atomic mass is 10.1. The van der Waals surface area contributed by atoms with Crippen LogP contribution in [0.3, 0.4) is 0 Å². The Morgan fingerprint density at radius 1 is 1.26 bits per heavy atom. The number of likely N-dealkylation sites (tertiary alicyclic amines) is 1. The van der Waals surface area contributed by atoms with Crippen molar-refractivity contribution >= 4 is 17.3 Å². The first-order valence-electron chi connectivity index (χ1n) is 7.11. The fraction of sp³-hybridized carbons (Fsp3) is 0.600. The van der Waals surface area contributed by atoms with Gasteiger partial charge in [0.1, 0.15) is 0 Å². The zero-order valence-corrected chi connectivity index (χ0v) is 12.2. The van der Waals surface area contributed by atoms with Gasteiger partial charge in [-0.25, -0.2) is 0 Å². The Balaban J connectivity index is 1.68. The van der Waals surface area contributed by atoms with Crippen molar-refractivity contribution in [2.24, 2.45) is 0 Å². The van der Waals surface area contributed by atoms with Gasteiger partial charge in [0, 0.05) is 31.7 Å². The van der Waals surface area contributed by atoms with Gasteiger partial charge in [-0.05, 0) is 44.0 Å². The third-order valence-electron chi connectivity index (χ3n) is 4.70. The molecule has 4 heteroatoms. The summed E-state index contributed by atoms with van der Waals surface area (Å²) < 4.78 is 0. The number of benzene rings is 1. The van der Waals surface area contributed by atoms with Crippen molar-refractivity contribution in [3.8, 4) is 0 Å². The number of nitrogens with zero attached hydrogens (tertiary/aromatic N) is 2. The second-order valence-electron chi connectivity index (χ2n) is 5.93. The van der Waals surface area contributed by atoms with E-state index in [4.69, 9.17) is 17.3 Å². The second-order valence-corrected chi connectivity index (χ2v) is 6.34. The van der Waals surface area contributed by atoms with Crippen LogP contribution in [-0.2, 0) is 6.54 Å². The zero-order chi connectivity index (χ0) is 13.4. The van der Waals surface area contributed by atoms with Gasteiger partial charge >= 0.3 is 0 Å². The second kappa shape index (κ2) is 5.31. The molecule has 0 aromatic heterocycles. The van der Waals surface area contributed by atoms with Crippen LogP contribution in [0.25, 0.3) is 0 Å². The highest BCUT2D eigenvalue weighted by Crippen LogP contribution is 2.29. The molecule has 3 rings (SSSR count). The van der Waals surface area contributed by atoms with Gasteiger partial charge in [-0.2, -0.15) is 0 Å². The van der Waals surface area contributed by atoms with Gasteiger partial charge in [-0.3, -0.25) is 9.80 Å². The van der Waals surface area contributed by atoms with Crippen molar-refractivity contribution in [3.05, 3.63) is 28.8 Å². The number of anilines is 1. The van der Waals surface area contributed by atoms with Crippen molar-refractivity contribution in [1.82, 2.24) is 9.80 Å². The number of nitrogens with two attached hydrogens (primary N) is 1. The van der Waals surface area contributed by atoms with E-state index in [2.05, 4.69) is 22.9 Å². The normalized spacial score (nSPS) is 28.5. The largest absolute Gasteiger partial charge is 0.398 e. The van der Waals surface area contributed by atoms with E-state index in [0.29, 0.717) is 10.7 Å². The quantitative estimate of drug-likeness (QED) is 0.845. The summed E-state index contributed by atoms with van der Waals surface area (Å²) in [6.45, 7) is 3.35. The number of fused-ring (bicyclic) bond motifs is 2. The minimum absolute atomic E-state index is 0.651. The first kappa shape index (κ1) is 13.2. The van der Waals surface area contributed by atoms with E-state index in [9.17, 15) is 0 Å². The summed E-state index contributed by atoms with van der Waals surface area (Å²) in [5, 5.41) is 0.651. The van der Waals surface area contributed by atoms with Gasteiger partial charge in [-0.15, -0.1) is 0 Å². The molecule has 2 saturated heterocycles. The van der Waals surface area contributed by atoms with Gasteiger partial charge in [0.15, 0.2) is 0 Å². The third-order valence-corrected chi connectivity index (χ3v) is 5.04. The van der Waals surface area contributed by atoms with Gasteiger partial charge < -0.3 is 5.73 Å². The average molecular weight is 280 g/mol. The number of hydrogen-bond donors (Lipinski definition) is 1. The molecule has 0 spiro atoms. The lowest BCUT2D eigenvalue weighted by Gasteiger charge is -2.25. The fourth-order valence-corrected chi connectivity index (χ4v) is 3.59. The third kappa shape index (κ3) is 2.73. The van der Waals surface area contributed by atoms with E-state index >= 15 is 0 Å². The maximum atomic E-state index is 5.97. The van der Waals surface area contributed by atoms with Crippen molar-refractivity contribution < 1.29 is 0 Å². The van der Waals surface area contributed by atoms with Crippen LogP contribution in [-0.4, -0.2) is 42.0 Å². The molecule has 0 saturated carbocycles. The van der Waals surface area contributed by atoms with Crippen LogP contribution >= 0.6 is 11.6 Å². The van der Waals surface area contributed by atoms with Crippen LogP contribution in [0.5, 0.6) is 0 Å². The SMILES string of the molecule is CN1C2CCC1CN(Cc1ccc(Cl)c(N)c1)CC2. The molecule has 2 N–H and O–H groups in total.